The molecule has 3 aliphatic rings. The van der Waals surface area contributed by atoms with Gasteiger partial charge in [0.25, 0.3) is 11.8 Å². The standard InChI is InChI=1S/C35H47N3O8Si2.C23H21N3O7/c1-22(2)47(23(3)4)42-21-28-30(45-48(46-47,24(5)6)25(7)8)31(44-34(40)27-17-13-10-14-18-27)33(43-28)38-20-19-29(37-35(38)41)36-32(39)26-15-11-9-12-16-26;27-13-16-18(28)19(33-22(30)15-9-5-2-6-10-15)21(32-16)26-12-11-17(25-23(26)31)24-20(29)14-7-3-1-4-8-14/h9-20,22-25,28,30-31,33H,21H2,1-8H3,(H,36,37,39,41);1-12,16,18-19,21,27-28H,13H2,(H,24,25,29,31)/t28-,30-,31+,33-;16-,18-,19+,21-/m11/s1. The van der Waals surface area contributed by atoms with Gasteiger partial charge in [0.2, 0.25) is 0 Å². The second-order valence-electron chi connectivity index (χ2n) is 21.0. The Labute approximate surface area is 470 Å². The van der Waals surface area contributed by atoms with E-state index in [0.29, 0.717) is 16.7 Å². The fourth-order valence-electron chi connectivity index (χ4n) is 10.1. The van der Waals surface area contributed by atoms with Crippen LogP contribution >= 0.6 is 0 Å². The maximum Gasteiger partial charge on any atom is 0.351 e. The van der Waals surface area contributed by atoms with Crippen molar-refractivity contribution in [3.05, 3.63) is 189 Å². The molecule has 4 N–H and O–H groups in total. The number of hydrogen-bond donors (Lipinski definition) is 4. The molecule has 8 atom stereocenters. The molecule has 9 rings (SSSR count). The molecule has 0 unspecified atom stereocenters. The summed E-state index contributed by atoms with van der Waals surface area (Å²) in [6, 6.07) is 36.7. The van der Waals surface area contributed by atoms with Crippen molar-refractivity contribution in [3.8, 4) is 0 Å². The van der Waals surface area contributed by atoms with Gasteiger partial charge in [-0.1, -0.05) is 128 Å². The van der Waals surface area contributed by atoms with Crippen LogP contribution in [0.15, 0.2) is 155 Å². The van der Waals surface area contributed by atoms with Gasteiger partial charge < -0.3 is 52.8 Å². The van der Waals surface area contributed by atoms with Gasteiger partial charge in [0.05, 0.1) is 24.3 Å². The van der Waals surface area contributed by atoms with Crippen molar-refractivity contribution in [3.63, 3.8) is 0 Å². The maximum absolute atomic E-state index is 13.6. The Hall–Kier alpha value is -7.33. The van der Waals surface area contributed by atoms with Gasteiger partial charge in [0.1, 0.15) is 36.1 Å². The number of nitrogens with zero attached hydrogens (tertiary/aromatic N) is 4. The van der Waals surface area contributed by atoms with E-state index in [2.05, 4.69) is 76.0 Å². The first-order valence-corrected chi connectivity index (χ1v) is 30.8. The normalized spacial score (nSPS) is 22.9. The van der Waals surface area contributed by atoms with Gasteiger partial charge >= 0.3 is 40.4 Å². The number of rotatable bonds is 15. The summed E-state index contributed by atoms with van der Waals surface area (Å²) in [7, 11) is -6.01. The Morgan fingerprint density at radius 1 is 0.580 bits per heavy atom. The number of ether oxygens (including phenoxy) is 4. The first-order chi connectivity index (χ1) is 38.8. The molecular formula is C58H68N6O15Si2. The van der Waals surface area contributed by atoms with Crippen molar-refractivity contribution in [2.45, 2.75) is 127 Å². The lowest BCUT2D eigenvalue weighted by Gasteiger charge is -2.51. The summed E-state index contributed by atoms with van der Waals surface area (Å²) in [4.78, 5) is 85.4. The first-order valence-electron chi connectivity index (χ1n) is 26.8. The zero-order valence-corrected chi connectivity index (χ0v) is 48.2. The number of nitrogens with one attached hydrogen (secondary N) is 2. The number of aliphatic hydroxyl groups is 2. The second-order valence-corrected chi connectivity index (χ2v) is 29.8. The van der Waals surface area contributed by atoms with Gasteiger partial charge in [-0.15, -0.1) is 0 Å². The average molecular weight is 1150 g/mol. The van der Waals surface area contributed by atoms with E-state index in [1.54, 1.807) is 109 Å². The third-order valence-corrected chi connectivity index (χ3v) is 24.6. The predicted molar refractivity (Wildman–Crippen MR) is 302 cm³/mol. The molecule has 23 heteroatoms. The summed E-state index contributed by atoms with van der Waals surface area (Å²) in [6.45, 7) is 16.6. The van der Waals surface area contributed by atoms with E-state index in [1.165, 1.54) is 29.1 Å². The lowest BCUT2D eigenvalue weighted by atomic mass is 10.1. The monoisotopic (exact) mass is 1140 g/mol. The number of carbonyl (C=O) groups excluding carboxylic acids is 4. The highest BCUT2D eigenvalue weighted by molar-refractivity contribution is 6.84. The fraction of sp³-hybridized carbons (Fsp3) is 0.379. The highest BCUT2D eigenvalue weighted by atomic mass is 28.5. The average Bonchev–Trinajstić information content (AvgIpc) is 3.64. The summed E-state index contributed by atoms with van der Waals surface area (Å²) in [5, 5.41) is 25.2. The van der Waals surface area contributed by atoms with E-state index < -0.39 is 108 Å². The van der Waals surface area contributed by atoms with Gasteiger partial charge in [-0.3, -0.25) is 18.7 Å². The van der Waals surface area contributed by atoms with Crippen molar-refractivity contribution in [2.75, 3.05) is 23.8 Å². The molecular weight excluding hydrogens is 1080 g/mol. The van der Waals surface area contributed by atoms with E-state index in [0.717, 1.165) is 4.57 Å². The number of aliphatic hydroxyl groups excluding tert-OH is 2. The topological polar surface area (TPSA) is 267 Å². The summed E-state index contributed by atoms with van der Waals surface area (Å²) < 4.78 is 47.6. The van der Waals surface area contributed by atoms with Crippen LogP contribution in [-0.2, 0) is 31.9 Å². The Morgan fingerprint density at radius 2 is 0.975 bits per heavy atom. The fourth-order valence-corrected chi connectivity index (χ4v) is 21.3. The molecule has 6 aromatic rings. The van der Waals surface area contributed by atoms with Crippen LogP contribution in [0.25, 0.3) is 0 Å². The van der Waals surface area contributed by atoms with E-state index >= 15 is 0 Å². The second kappa shape index (κ2) is 26.1. The summed E-state index contributed by atoms with van der Waals surface area (Å²) in [5.74, 6) is -2.05. The van der Waals surface area contributed by atoms with Crippen LogP contribution in [0.3, 0.4) is 0 Å². The molecule has 3 saturated heterocycles. The van der Waals surface area contributed by atoms with Gasteiger partial charge in [0, 0.05) is 23.5 Å². The lowest BCUT2D eigenvalue weighted by Crippen LogP contribution is -2.66. The van der Waals surface area contributed by atoms with Crippen molar-refractivity contribution >= 4 is 52.5 Å². The number of carbonyl (C=O) groups is 4. The smallest absolute Gasteiger partial charge is 0.351 e. The molecule has 428 valence electrons. The molecule has 0 spiro atoms. The van der Waals surface area contributed by atoms with Crippen molar-refractivity contribution in [2.24, 2.45) is 0 Å². The third kappa shape index (κ3) is 13.2. The van der Waals surface area contributed by atoms with Gasteiger partial charge in [-0.05, 0) is 82.8 Å². The minimum absolute atomic E-state index is 0.0141. The highest BCUT2D eigenvalue weighted by Crippen LogP contribution is 2.49. The lowest BCUT2D eigenvalue weighted by molar-refractivity contribution is -0.0625. The van der Waals surface area contributed by atoms with Crippen LogP contribution in [0.1, 0.15) is 109 Å². The Bertz CT molecular complexity index is 3230. The number of anilines is 2. The first kappa shape index (κ1) is 59.8. The van der Waals surface area contributed by atoms with Crippen molar-refractivity contribution < 1.29 is 61.3 Å². The zero-order valence-electron chi connectivity index (χ0n) is 46.2. The van der Waals surface area contributed by atoms with Crippen LogP contribution in [-0.4, -0.2) is 120 Å². The van der Waals surface area contributed by atoms with E-state index in [9.17, 15) is 39.0 Å². The Balaban J connectivity index is 0.000000227. The molecule has 0 saturated carbocycles. The highest BCUT2D eigenvalue weighted by Gasteiger charge is 2.63. The Kier molecular flexibility index (Phi) is 19.2. The molecule has 5 heterocycles. The number of benzene rings is 4. The summed E-state index contributed by atoms with van der Waals surface area (Å²) in [5.41, 5.74) is 0.204. The number of esters is 2. The van der Waals surface area contributed by atoms with Gasteiger partial charge in [-0.25, -0.2) is 19.2 Å². The van der Waals surface area contributed by atoms with Gasteiger partial charge in [0.15, 0.2) is 24.7 Å². The number of hydrogen-bond acceptors (Lipinski definition) is 17. The van der Waals surface area contributed by atoms with Gasteiger partial charge in [-0.2, -0.15) is 9.97 Å². The van der Waals surface area contributed by atoms with Crippen molar-refractivity contribution in [1.82, 2.24) is 19.1 Å². The Morgan fingerprint density at radius 3 is 1.37 bits per heavy atom. The van der Waals surface area contributed by atoms with Crippen LogP contribution in [0.2, 0.25) is 22.2 Å². The molecule has 21 nitrogen and oxygen atoms in total. The van der Waals surface area contributed by atoms with Crippen LogP contribution < -0.4 is 22.0 Å². The van der Waals surface area contributed by atoms with E-state index in [4.69, 9.17) is 31.9 Å². The molecule has 0 aliphatic carbocycles. The molecule has 0 radical (unpaired) electrons. The molecule has 81 heavy (non-hydrogen) atoms. The van der Waals surface area contributed by atoms with E-state index in [1.807, 2.05) is 12.1 Å². The maximum atomic E-state index is 13.6. The molecule has 2 amide bonds. The molecule has 0 bridgehead atoms. The molecule has 2 aromatic heterocycles. The van der Waals surface area contributed by atoms with E-state index in [-0.39, 0.29) is 46.0 Å². The molecule has 3 aliphatic heterocycles. The minimum Gasteiger partial charge on any atom is -0.451 e. The zero-order chi connectivity index (χ0) is 58.2. The number of aromatic nitrogens is 4. The van der Waals surface area contributed by atoms with Crippen LogP contribution in [0, 0.1) is 0 Å². The number of fused-ring (bicyclic) bond motifs is 1. The third-order valence-electron chi connectivity index (χ3n) is 14.4. The SMILES string of the molecule is CC(C)[Si]1(C(C)C)OC[C@H]2O[C@@H](n3ccc(NC(=O)c4ccccc4)nc3=O)[C@@H](OC(=O)c3ccccc3)[C@@H]2O[Si](C(C)C)(C(C)C)O1.O=C(Nc1ccn([C@@H]2O[C@H](CO)[C@@H](O)[C@@H]2OC(=O)c2ccccc2)c(=O)n1)c1ccccc1. The molecule has 3 fully saturated rings. The van der Waals surface area contributed by atoms with Crippen molar-refractivity contribution in [1.29, 1.82) is 0 Å². The van der Waals surface area contributed by atoms with Crippen LogP contribution in [0.4, 0.5) is 11.6 Å². The number of amides is 2. The summed E-state index contributed by atoms with van der Waals surface area (Å²) >= 11 is 0. The largest absolute Gasteiger partial charge is 0.451 e. The minimum atomic E-state index is -3.13. The van der Waals surface area contributed by atoms with Crippen LogP contribution in [0.5, 0.6) is 0 Å². The molecule has 4 aromatic carbocycles. The summed E-state index contributed by atoms with van der Waals surface area (Å²) in [6.07, 6.45) is -5.79. The quantitative estimate of drug-likeness (QED) is 0.0571. The predicted octanol–water partition coefficient (Wildman–Crippen LogP) is 7.55.